The number of H-pyrrole nitrogens is 1. The van der Waals surface area contributed by atoms with E-state index in [0.717, 1.165) is 147 Å². The molecule has 1 fully saturated rings. The summed E-state index contributed by atoms with van der Waals surface area (Å²) in [6.07, 6.45) is 19.9. The van der Waals surface area contributed by atoms with Crippen molar-refractivity contribution in [1.29, 1.82) is 0 Å². The van der Waals surface area contributed by atoms with Crippen LogP contribution in [0.1, 0.15) is 58.9 Å². The van der Waals surface area contributed by atoms with Crippen molar-refractivity contribution in [3.63, 3.8) is 0 Å². The molecule has 0 saturated heterocycles. The summed E-state index contributed by atoms with van der Waals surface area (Å²) in [6, 6.07) is 49.6. The molecule has 464 valence electrons. The number of thiazole rings is 3. The summed E-state index contributed by atoms with van der Waals surface area (Å²) in [4.78, 5) is 55.8. The van der Waals surface area contributed by atoms with Crippen molar-refractivity contribution >= 4 is 67.1 Å². The Morgan fingerprint density at radius 2 is 0.777 bits per heavy atom. The first-order valence-electron chi connectivity index (χ1n) is 30.4. The molecule has 8 aromatic heterocycles. The van der Waals surface area contributed by atoms with Crippen LogP contribution in [0.4, 0.5) is 13.2 Å². The number of ether oxygens (including phenoxy) is 1. The third-order valence-corrected chi connectivity index (χ3v) is 18.8. The van der Waals surface area contributed by atoms with E-state index in [1.807, 2.05) is 106 Å². The van der Waals surface area contributed by atoms with E-state index in [1.54, 1.807) is 121 Å². The summed E-state index contributed by atoms with van der Waals surface area (Å²) in [7, 11) is 1.67. The number of benzene rings is 7. The quantitative estimate of drug-likeness (QED) is 0.138. The van der Waals surface area contributed by atoms with Gasteiger partial charge in [0.25, 0.3) is 0 Å². The number of nitrogens with zero attached hydrogens (tertiary/aromatic N) is 11. The summed E-state index contributed by atoms with van der Waals surface area (Å²) >= 11 is 4.91. The molecule has 0 atom stereocenters. The van der Waals surface area contributed by atoms with E-state index < -0.39 is 0 Å². The smallest absolute Gasteiger partial charge is 0.123 e. The van der Waals surface area contributed by atoms with Crippen molar-refractivity contribution in [1.82, 2.24) is 59.8 Å². The van der Waals surface area contributed by atoms with Crippen LogP contribution in [-0.4, -0.2) is 66.9 Å². The Labute approximate surface area is 552 Å². The minimum Gasteiger partial charge on any atom is -0.497 e. The number of pyridine rings is 1. The molecule has 0 unspecified atom stereocenters. The first kappa shape index (κ1) is 62.2. The van der Waals surface area contributed by atoms with Crippen LogP contribution in [0, 0.1) is 38.2 Å². The number of aromatic nitrogens is 12. The zero-order chi connectivity index (χ0) is 64.5. The molecule has 1 saturated carbocycles. The minimum atomic E-state index is -0.261. The lowest BCUT2D eigenvalue weighted by Crippen LogP contribution is -2.06. The Morgan fingerprint density at radius 1 is 0.372 bits per heavy atom. The van der Waals surface area contributed by atoms with Gasteiger partial charge in [-0.1, -0.05) is 49.6 Å². The monoisotopic (exact) mass is 1300 g/mol. The topological polar surface area (TPSA) is 167 Å². The summed E-state index contributed by atoms with van der Waals surface area (Å²) < 4.78 is 45.3. The fourth-order valence-corrected chi connectivity index (χ4v) is 14.1. The van der Waals surface area contributed by atoms with Crippen molar-refractivity contribution in [2.45, 2.75) is 58.8 Å². The van der Waals surface area contributed by atoms with Gasteiger partial charge in [-0.15, -0.1) is 34.0 Å². The summed E-state index contributed by atoms with van der Waals surface area (Å²) in [5.41, 5.74) is 17.7. The van der Waals surface area contributed by atoms with Crippen molar-refractivity contribution < 1.29 is 17.9 Å². The van der Waals surface area contributed by atoms with Gasteiger partial charge in [-0.3, -0.25) is 34.9 Å². The van der Waals surface area contributed by atoms with Gasteiger partial charge in [-0.05, 0) is 184 Å². The van der Waals surface area contributed by atoms with Crippen LogP contribution < -0.4 is 4.74 Å². The lowest BCUT2D eigenvalue weighted by atomic mass is 9.89. The zero-order valence-corrected chi connectivity index (χ0v) is 54.0. The second kappa shape index (κ2) is 28.5. The third-order valence-electron chi connectivity index (χ3n) is 15.8. The molecule has 0 radical (unpaired) electrons. The van der Waals surface area contributed by atoms with E-state index in [2.05, 4.69) is 62.0 Å². The molecule has 1 aliphatic carbocycles. The van der Waals surface area contributed by atoms with E-state index in [-0.39, 0.29) is 17.5 Å². The molecule has 8 heterocycles. The van der Waals surface area contributed by atoms with Crippen LogP contribution >= 0.6 is 34.0 Å². The zero-order valence-electron chi connectivity index (χ0n) is 51.5. The van der Waals surface area contributed by atoms with E-state index in [0.29, 0.717) is 5.92 Å². The number of halogens is 3. The molecule has 1 aliphatic rings. The SMILES string of the molecule is COc1ccc(-c2nc(C)sc2-c2ccc3nccnc3c2)cc1.Cc1nc(-c2ccc(F)cc2)c(-c2ccc3nccnc3c2)s1.Cc1nc(-c2cccc(F)c2)c(-c2ccc3nccnc3c2)s1.Fc1ccc(-c2nc(C3CCCCC3)[nH]c2-c2ccncc2)cc1. The maximum absolute atomic E-state index is 13.6. The van der Waals surface area contributed by atoms with Gasteiger partial charge in [0.05, 0.1) is 98.3 Å². The number of hydrogen-bond acceptors (Lipinski definition) is 15. The van der Waals surface area contributed by atoms with Crippen LogP contribution in [0.2, 0.25) is 0 Å². The molecule has 94 heavy (non-hydrogen) atoms. The molecule has 1 N–H and O–H groups in total. The minimum absolute atomic E-state index is 0.229. The molecular formula is C75H59F3N12OS3. The van der Waals surface area contributed by atoms with Gasteiger partial charge in [0, 0.05) is 83.3 Å². The van der Waals surface area contributed by atoms with Crippen LogP contribution in [0.5, 0.6) is 5.75 Å². The maximum atomic E-state index is 13.6. The Hall–Kier alpha value is -10.6. The van der Waals surface area contributed by atoms with Crippen molar-refractivity contribution in [3.05, 3.63) is 252 Å². The molecule has 7 aromatic carbocycles. The van der Waals surface area contributed by atoms with Crippen LogP contribution in [0.15, 0.2) is 213 Å². The first-order chi connectivity index (χ1) is 46.0. The van der Waals surface area contributed by atoms with Crippen LogP contribution in [0.3, 0.4) is 0 Å². The summed E-state index contributed by atoms with van der Waals surface area (Å²) in [6.45, 7) is 5.96. The van der Waals surface area contributed by atoms with Crippen LogP contribution in [0.25, 0.3) is 121 Å². The summed E-state index contributed by atoms with van der Waals surface area (Å²) in [5, 5.41) is 2.95. The second-order valence-electron chi connectivity index (χ2n) is 22.2. The number of aromatic amines is 1. The molecule has 0 spiro atoms. The van der Waals surface area contributed by atoms with E-state index >= 15 is 0 Å². The van der Waals surface area contributed by atoms with Gasteiger partial charge >= 0.3 is 0 Å². The number of hydrogen-bond donors (Lipinski definition) is 1. The highest BCUT2D eigenvalue weighted by Crippen LogP contribution is 2.42. The largest absolute Gasteiger partial charge is 0.497 e. The van der Waals surface area contributed by atoms with E-state index in [9.17, 15) is 13.2 Å². The lowest BCUT2D eigenvalue weighted by Gasteiger charge is -2.19. The fourth-order valence-electron chi connectivity index (χ4n) is 11.3. The van der Waals surface area contributed by atoms with Gasteiger partial charge < -0.3 is 9.72 Å². The Morgan fingerprint density at radius 3 is 1.21 bits per heavy atom. The number of fused-ring (bicyclic) bond motifs is 3. The molecule has 0 bridgehead atoms. The Kier molecular flexibility index (Phi) is 18.9. The van der Waals surface area contributed by atoms with Crippen molar-refractivity contribution in [3.8, 4) is 93.4 Å². The average Bonchev–Trinajstić information content (AvgIpc) is 1.63. The predicted molar refractivity (Wildman–Crippen MR) is 372 cm³/mol. The molecule has 0 amide bonds. The fraction of sp³-hybridized carbons (Fsp3) is 0.133. The van der Waals surface area contributed by atoms with E-state index in [1.165, 1.54) is 68.5 Å². The van der Waals surface area contributed by atoms with Gasteiger partial charge in [-0.25, -0.2) is 33.1 Å². The summed E-state index contributed by atoms with van der Waals surface area (Å²) in [5.74, 6) is 1.65. The van der Waals surface area contributed by atoms with Crippen molar-refractivity contribution in [2.75, 3.05) is 7.11 Å². The number of rotatable bonds is 10. The third kappa shape index (κ3) is 14.4. The van der Waals surface area contributed by atoms with Gasteiger partial charge in [-0.2, -0.15) is 0 Å². The number of aryl methyl sites for hydroxylation is 3. The number of nitrogens with one attached hydrogen (secondary N) is 1. The molecule has 19 heteroatoms. The predicted octanol–water partition coefficient (Wildman–Crippen LogP) is 19.8. The number of imidazole rings is 1. The maximum Gasteiger partial charge on any atom is 0.123 e. The standard InChI is InChI=1S/C20H20FN3.C19H15N3OS.2C18H12FN3S/c21-17-8-6-14(7-9-17)18-19(15-10-12-22-13-11-15)24-20(23-18)16-4-2-1-3-5-16;1-12-22-18(13-3-6-15(23-2)7-4-13)19(24-12)14-5-8-16-17(11-14)21-10-9-20-16;1-11-22-17(12-2-5-14(19)6-3-12)18(23-11)13-4-7-15-16(10-13)21-9-8-20-15;1-11-22-17(12-3-2-4-14(19)9-12)18(23-11)13-5-6-15-16(10-13)21-8-7-20-15/h6-13,16H,1-5H2,(H,23,24);3-11H,1-2H3;2*2-10H,1H3. The van der Waals surface area contributed by atoms with Gasteiger partial charge in [0.2, 0.25) is 0 Å². The first-order valence-corrected chi connectivity index (χ1v) is 32.9. The van der Waals surface area contributed by atoms with Crippen LogP contribution in [-0.2, 0) is 0 Å². The molecule has 16 rings (SSSR count). The molecular weight excluding hydrogens is 1240 g/mol. The van der Waals surface area contributed by atoms with Gasteiger partial charge in [0.1, 0.15) is 29.0 Å². The highest BCUT2D eigenvalue weighted by atomic mass is 32.1. The highest BCUT2D eigenvalue weighted by molar-refractivity contribution is 7.16. The Balaban J connectivity index is 0.000000114. The van der Waals surface area contributed by atoms with E-state index in [4.69, 9.17) is 14.7 Å². The lowest BCUT2D eigenvalue weighted by molar-refractivity contribution is 0.415. The average molecular weight is 1300 g/mol. The van der Waals surface area contributed by atoms with Gasteiger partial charge in [0.15, 0.2) is 0 Å². The van der Waals surface area contributed by atoms with Crippen molar-refractivity contribution in [2.24, 2.45) is 0 Å². The Bertz CT molecular complexity index is 5090. The normalized spacial score (nSPS) is 12.2. The molecule has 15 aromatic rings. The molecule has 13 nitrogen and oxygen atoms in total. The second-order valence-corrected chi connectivity index (χ2v) is 25.8. The highest BCUT2D eigenvalue weighted by Gasteiger charge is 2.23. The number of methoxy groups -OCH3 is 1. The molecule has 0 aliphatic heterocycles.